The second-order valence-electron chi connectivity index (χ2n) is 8.39. The van der Waals surface area contributed by atoms with Crippen LogP contribution in [0, 0.1) is 11.7 Å². The Balaban J connectivity index is 1.36. The zero-order valence-electron chi connectivity index (χ0n) is 18.2. The third-order valence-electron chi connectivity index (χ3n) is 6.07. The summed E-state index contributed by atoms with van der Waals surface area (Å²) in [5.41, 5.74) is 2.71. The molecule has 3 N–H and O–H groups in total. The van der Waals surface area contributed by atoms with Crippen LogP contribution in [-0.4, -0.2) is 55.3 Å². The lowest BCUT2D eigenvalue weighted by atomic mass is 10.0. The molecule has 2 aromatic heterocycles. The van der Waals surface area contributed by atoms with Crippen LogP contribution in [0.25, 0.3) is 22.3 Å². The van der Waals surface area contributed by atoms with Crippen LogP contribution in [0.2, 0.25) is 0 Å². The highest BCUT2D eigenvalue weighted by atomic mass is 19.1. The summed E-state index contributed by atoms with van der Waals surface area (Å²) < 4.78 is 15.7. The SMILES string of the molecule is O=C(O)N1CCC(CNc2ncc3[nH]c(=O)n(Cc4cccc(-c5ccccc5F)c4)c3n2)C1. The molecule has 2 aromatic carbocycles. The van der Waals surface area contributed by atoms with Crippen LogP contribution < -0.4 is 11.0 Å². The second kappa shape index (κ2) is 8.97. The number of hydrogen-bond donors (Lipinski definition) is 3. The number of amides is 1. The summed E-state index contributed by atoms with van der Waals surface area (Å²) >= 11 is 0. The topological polar surface area (TPSA) is 116 Å². The molecule has 9 nitrogen and oxygen atoms in total. The molecule has 10 heteroatoms. The molecule has 3 heterocycles. The normalized spacial score (nSPS) is 15.7. The number of nitrogens with one attached hydrogen (secondary N) is 2. The molecule has 0 aliphatic carbocycles. The zero-order valence-corrected chi connectivity index (χ0v) is 18.2. The van der Waals surface area contributed by atoms with Gasteiger partial charge in [-0.25, -0.2) is 19.0 Å². The van der Waals surface area contributed by atoms with E-state index in [2.05, 4.69) is 20.3 Å². The molecule has 1 fully saturated rings. The van der Waals surface area contributed by atoms with Crippen molar-refractivity contribution in [3.63, 3.8) is 0 Å². The number of fused-ring (bicyclic) bond motifs is 1. The van der Waals surface area contributed by atoms with Gasteiger partial charge in [-0.1, -0.05) is 36.4 Å². The Labute approximate surface area is 193 Å². The first-order valence-electron chi connectivity index (χ1n) is 11.0. The smallest absolute Gasteiger partial charge is 0.407 e. The lowest BCUT2D eigenvalue weighted by molar-refractivity contribution is 0.154. The number of anilines is 1. The molecule has 1 aliphatic rings. The molecular weight excluding hydrogens is 439 g/mol. The van der Waals surface area contributed by atoms with Gasteiger partial charge in [-0.2, -0.15) is 4.98 Å². The van der Waals surface area contributed by atoms with Crippen molar-refractivity contribution in [2.45, 2.75) is 13.0 Å². The Morgan fingerprint density at radius 1 is 1.24 bits per heavy atom. The third kappa shape index (κ3) is 4.34. The van der Waals surface area contributed by atoms with Gasteiger partial charge >= 0.3 is 11.8 Å². The number of imidazole rings is 1. The van der Waals surface area contributed by atoms with Gasteiger partial charge < -0.3 is 20.3 Å². The minimum atomic E-state index is -0.907. The molecule has 5 rings (SSSR count). The number of likely N-dealkylation sites (tertiary alicyclic amines) is 1. The molecule has 1 aliphatic heterocycles. The van der Waals surface area contributed by atoms with Gasteiger partial charge in [0.1, 0.15) is 11.3 Å². The van der Waals surface area contributed by atoms with E-state index in [9.17, 15) is 14.0 Å². The number of benzene rings is 2. The third-order valence-corrected chi connectivity index (χ3v) is 6.07. The van der Waals surface area contributed by atoms with E-state index >= 15 is 0 Å². The summed E-state index contributed by atoms with van der Waals surface area (Å²) in [7, 11) is 0. The van der Waals surface area contributed by atoms with Crippen LogP contribution in [0.15, 0.2) is 59.5 Å². The van der Waals surface area contributed by atoms with Crippen molar-refractivity contribution in [2.24, 2.45) is 5.92 Å². The summed E-state index contributed by atoms with van der Waals surface area (Å²) in [4.78, 5) is 36.7. The van der Waals surface area contributed by atoms with Gasteiger partial charge in [0.2, 0.25) is 5.95 Å². The van der Waals surface area contributed by atoms with Gasteiger partial charge in [0.05, 0.1) is 12.7 Å². The molecule has 174 valence electrons. The zero-order chi connectivity index (χ0) is 23.7. The van der Waals surface area contributed by atoms with Gasteiger partial charge in [-0.15, -0.1) is 0 Å². The van der Waals surface area contributed by atoms with Crippen molar-refractivity contribution >= 4 is 23.2 Å². The largest absolute Gasteiger partial charge is 0.465 e. The lowest BCUT2D eigenvalue weighted by Crippen LogP contribution is -2.28. The first-order chi connectivity index (χ1) is 16.5. The predicted molar refractivity (Wildman–Crippen MR) is 125 cm³/mol. The maximum atomic E-state index is 14.2. The molecule has 0 saturated carbocycles. The molecule has 1 saturated heterocycles. The number of carboxylic acid groups (broad SMARTS) is 1. The minimum absolute atomic E-state index is 0.171. The van der Waals surface area contributed by atoms with Gasteiger partial charge in [0.25, 0.3) is 0 Å². The van der Waals surface area contributed by atoms with E-state index in [1.54, 1.807) is 24.4 Å². The van der Waals surface area contributed by atoms with Crippen molar-refractivity contribution in [3.05, 3.63) is 76.6 Å². The summed E-state index contributed by atoms with van der Waals surface area (Å²) in [6.45, 7) is 1.78. The Morgan fingerprint density at radius 3 is 2.88 bits per heavy atom. The quantitative estimate of drug-likeness (QED) is 0.405. The van der Waals surface area contributed by atoms with Crippen molar-refractivity contribution < 1.29 is 14.3 Å². The van der Waals surface area contributed by atoms with Gasteiger partial charge in [-0.05, 0) is 35.6 Å². The number of hydrogen-bond acceptors (Lipinski definition) is 5. The Hall–Kier alpha value is -4.21. The molecular formula is C24H23FN6O3. The van der Waals surface area contributed by atoms with Crippen molar-refractivity contribution in [3.8, 4) is 11.1 Å². The van der Waals surface area contributed by atoms with E-state index in [0.717, 1.165) is 17.5 Å². The fraction of sp³-hybridized carbons (Fsp3) is 0.250. The highest BCUT2D eigenvalue weighted by Crippen LogP contribution is 2.24. The number of aromatic amines is 1. The summed E-state index contributed by atoms with van der Waals surface area (Å²) in [6.07, 6.45) is 1.42. The fourth-order valence-corrected chi connectivity index (χ4v) is 4.30. The van der Waals surface area contributed by atoms with Crippen molar-refractivity contribution in [2.75, 3.05) is 25.0 Å². The number of aromatic nitrogens is 4. The number of rotatable bonds is 6. The van der Waals surface area contributed by atoms with E-state index in [4.69, 9.17) is 5.11 Å². The summed E-state index contributed by atoms with van der Waals surface area (Å²) in [5.74, 6) is 0.236. The van der Waals surface area contributed by atoms with Crippen LogP contribution in [0.3, 0.4) is 0 Å². The highest BCUT2D eigenvalue weighted by molar-refractivity contribution is 5.71. The molecule has 1 amide bonds. The average Bonchev–Trinajstić information content (AvgIpc) is 3.43. The van der Waals surface area contributed by atoms with Gasteiger partial charge in [0, 0.05) is 25.2 Å². The maximum Gasteiger partial charge on any atom is 0.407 e. The van der Waals surface area contributed by atoms with Crippen molar-refractivity contribution in [1.29, 1.82) is 0 Å². The van der Waals surface area contributed by atoms with E-state index in [1.165, 1.54) is 15.5 Å². The summed E-state index contributed by atoms with van der Waals surface area (Å²) in [5, 5.41) is 12.3. The standard InChI is InChI=1S/C24H23FN6O3/c25-19-7-2-1-6-18(19)17-5-3-4-15(10-17)14-31-21-20(28-23(31)32)12-27-22(29-21)26-11-16-8-9-30(13-16)24(33)34/h1-7,10,12,16H,8-9,11,13-14H2,(H,28,32)(H,33,34)(H,26,27,29). The summed E-state index contributed by atoms with van der Waals surface area (Å²) in [6, 6.07) is 14.0. The Morgan fingerprint density at radius 2 is 2.09 bits per heavy atom. The minimum Gasteiger partial charge on any atom is -0.465 e. The van der Waals surface area contributed by atoms with Crippen LogP contribution in [-0.2, 0) is 6.54 Å². The van der Waals surface area contributed by atoms with E-state index in [-0.39, 0.29) is 24.0 Å². The van der Waals surface area contributed by atoms with E-state index in [0.29, 0.717) is 42.3 Å². The number of H-pyrrole nitrogens is 1. The number of nitrogens with zero attached hydrogens (tertiary/aromatic N) is 4. The molecule has 0 bridgehead atoms. The Bertz CT molecular complexity index is 1420. The molecule has 0 spiro atoms. The maximum absolute atomic E-state index is 14.2. The average molecular weight is 462 g/mol. The number of halogens is 1. The predicted octanol–water partition coefficient (Wildman–Crippen LogP) is 3.39. The van der Waals surface area contributed by atoms with Crippen LogP contribution in [0.5, 0.6) is 0 Å². The molecule has 0 radical (unpaired) electrons. The van der Waals surface area contributed by atoms with Gasteiger partial charge in [0.15, 0.2) is 5.65 Å². The molecule has 4 aromatic rings. The van der Waals surface area contributed by atoms with E-state index < -0.39 is 6.09 Å². The monoisotopic (exact) mass is 462 g/mol. The second-order valence-corrected chi connectivity index (χ2v) is 8.39. The van der Waals surface area contributed by atoms with Crippen LogP contribution in [0.4, 0.5) is 15.1 Å². The van der Waals surface area contributed by atoms with Crippen molar-refractivity contribution in [1.82, 2.24) is 24.4 Å². The lowest BCUT2D eigenvalue weighted by Gasteiger charge is -2.13. The van der Waals surface area contributed by atoms with Crippen LogP contribution >= 0.6 is 0 Å². The molecule has 1 unspecified atom stereocenters. The fourth-order valence-electron chi connectivity index (χ4n) is 4.30. The first kappa shape index (κ1) is 21.6. The Kier molecular flexibility index (Phi) is 5.70. The first-order valence-corrected chi connectivity index (χ1v) is 11.0. The highest BCUT2D eigenvalue weighted by Gasteiger charge is 2.25. The van der Waals surface area contributed by atoms with Gasteiger partial charge in [-0.3, -0.25) is 4.57 Å². The molecule has 1 atom stereocenters. The molecule has 34 heavy (non-hydrogen) atoms. The van der Waals surface area contributed by atoms with Crippen LogP contribution in [0.1, 0.15) is 12.0 Å². The number of carbonyl (C=O) groups is 1. The van der Waals surface area contributed by atoms with E-state index in [1.807, 2.05) is 24.3 Å².